The first-order valence-corrected chi connectivity index (χ1v) is 7.36. The minimum absolute atomic E-state index is 0.910. The fourth-order valence-electron chi connectivity index (χ4n) is 1.01. The van der Waals surface area contributed by atoms with Crippen LogP contribution in [0.4, 0.5) is 0 Å². The second-order valence-electron chi connectivity index (χ2n) is 2.27. The van der Waals surface area contributed by atoms with E-state index in [1.54, 1.807) is 0 Å². The topological polar surface area (TPSA) is 0 Å². The van der Waals surface area contributed by atoms with Gasteiger partial charge < -0.3 is 0 Å². The van der Waals surface area contributed by atoms with Crippen LogP contribution in [0.15, 0.2) is 0 Å². The Morgan fingerprint density at radius 1 is 1.11 bits per heavy atom. The van der Waals surface area contributed by atoms with Crippen LogP contribution >= 0.6 is 31.9 Å². The summed E-state index contributed by atoms with van der Waals surface area (Å²) in [6, 6.07) is 0. The van der Waals surface area contributed by atoms with Gasteiger partial charge in [-0.25, -0.2) is 0 Å². The van der Waals surface area contributed by atoms with Gasteiger partial charge in [-0.05, 0) is 0 Å². The fourth-order valence-corrected chi connectivity index (χ4v) is 5.83. The zero-order valence-electron chi connectivity index (χ0n) is 5.15. The molecule has 1 saturated heterocycles. The third-order valence-corrected chi connectivity index (χ3v) is 8.34. The molecule has 1 aliphatic heterocycles. The normalized spacial score (nSPS) is 35.3. The van der Waals surface area contributed by atoms with Gasteiger partial charge in [0.1, 0.15) is 0 Å². The van der Waals surface area contributed by atoms with Gasteiger partial charge in [-0.1, -0.05) is 0 Å². The molecule has 0 saturated carbocycles. The van der Waals surface area contributed by atoms with Gasteiger partial charge in [-0.3, -0.25) is 0 Å². The van der Waals surface area contributed by atoms with E-state index in [-0.39, 0.29) is 0 Å². The van der Waals surface area contributed by atoms with Crippen molar-refractivity contribution in [2.24, 2.45) is 0 Å². The molecule has 0 aliphatic carbocycles. The van der Waals surface area contributed by atoms with E-state index in [2.05, 4.69) is 31.9 Å². The average molecular weight is 321 g/mol. The molecule has 0 nitrogen and oxygen atoms in total. The van der Waals surface area contributed by atoms with E-state index in [0.29, 0.717) is 0 Å². The van der Waals surface area contributed by atoms with E-state index >= 15 is 0 Å². The molecule has 3 heteroatoms. The van der Waals surface area contributed by atoms with Crippen molar-refractivity contribution in [3.63, 3.8) is 0 Å². The van der Waals surface area contributed by atoms with Gasteiger partial charge in [0.25, 0.3) is 0 Å². The molecule has 0 aromatic heterocycles. The van der Waals surface area contributed by atoms with Crippen LogP contribution in [0.3, 0.4) is 0 Å². The Bertz CT molecular complexity index is 77.1. The standard InChI is InChI=1S/C6H10Br2Se/c7-3-5-1-2-6(4-8)9-5/h5-6H,1-4H2. The molecule has 1 fully saturated rings. The fraction of sp³-hybridized carbons (Fsp3) is 1.00. The van der Waals surface area contributed by atoms with Gasteiger partial charge in [0.05, 0.1) is 0 Å². The molecule has 9 heavy (non-hydrogen) atoms. The van der Waals surface area contributed by atoms with Crippen LogP contribution in [0.25, 0.3) is 0 Å². The van der Waals surface area contributed by atoms with Crippen molar-refractivity contribution in [2.75, 3.05) is 10.7 Å². The summed E-state index contributed by atoms with van der Waals surface area (Å²) in [4.78, 5) is 2.06. The Balaban J connectivity index is 2.20. The van der Waals surface area contributed by atoms with E-state index in [4.69, 9.17) is 0 Å². The molecule has 1 rings (SSSR count). The van der Waals surface area contributed by atoms with E-state index in [1.807, 2.05) is 0 Å². The molecule has 2 atom stereocenters. The molecule has 0 N–H and O–H groups in total. The maximum absolute atomic E-state index is 3.53. The first kappa shape index (κ1) is 8.57. The van der Waals surface area contributed by atoms with Crippen molar-refractivity contribution in [3.8, 4) is 0 Å². The van der Waals surface area contributed by atoms with Crippen LogP contribution in [-0.2, 0) is 0 Å². The van der Waals surface area contributed by atoms with Crippen LogP contribution in [0.2, 0.25) is 9.63 Å². The molecular formula is C6H10Br2Se. The summed E-state index contributed by atoms with van der Waals surface area (Å²) in [5.74, 6) is 0. The molecular weight excluding hydrogens is 311 g/mol. The van der Waals surface area contributed by atoms with Crippen LogP contribution in [0.1, 0.15) is 12.8 Å². The van der Waals surface area contributed by atoms with Crippen molar-refractivity contribution in [3.05, 3.63) is 0 Å². The van der Waals surface area contributed by atoms with Gasteiger partial charge in [0.2, 0.25) is 0 Å². The summed E-state index contributed by atoms with van der Waals surface area (Å²) >= 11 is 7.98. The zero-order valence-corrected chi connectivity index (χ0v) is 10.0. The molecule has 1 heterocycles. The van der Waals surface area contributed by atoms with Gasteiger partial charge in [-0.2, -0.15) is 0 Å². The molecule has 54 valence electrons. The van der Waals surface area contributed by atoms with E-state index in [9.17, 15) is 0 Å². The van der Waals surface area contributed by atoms with Gasteiger partial charge >= 0.3 is 80.0 Å². The molecule has 0 aromatic rings. The number of hydrogen-bond donors (Lipinski definition) is 0. The summed E-state index contributed by atoms with van der Waals surface area (Å²) in [6.45, 7) is 0. The van der Waals surface area contributed by atoms with Gasteiger partial charge in [-0.15, -0.1) is 0 Å². The average Bonchev–Trinajstić information content (AvgIpc) is 2.34. The van der Waals surface area contributed by atoms with Crippen molar-refractivity contribution >= 4 is 46.8 Å². The summed E-state index contributed by atoms with van der Waals surface area (Å²) in [5.41, 5.74) is 0. The summed E-state index contributed by atoms with van der Waals surface area (Å²) in [7, 11) is 0. The monoisotopic (exact) mass is 320 g/mol. The van der Waals surface area contributed by atoms with Gasteiger partial charge in [0, 0.05) is 0 Å². The third-order valence-electron chi connectivity index (χ3n) is 1.54. The van der Waals surface area contributed by atoms with Crippen molar-refractivity contribution in [1.82, 2.24) is 0 Å². The SMILES string of the molecule is BrCC1CCC(CBr)[Se]1. The molecule has 2 unspecified atom stereocenters. The second kappa shape index (κ2) is 4.38. The first-order chi connectivity index (χ1) is 4.36. The van der Waals surface area contributed by atoms with Crippen LogP contribution in [0.5, 0.6) is 0 Å². The summed E-state index contributed by atoms with van der Waals surface area (Å²) in [5, 5.41) is 2.47. The van der Waals surface area contributed by atoms with Crippen LogP contribution in [0, 0.1) is 0 Å². The Morgan fingerprint density at radius 3 is 1.78 bits per heavy atom. The first-order valence-electron chi connectivity index (χ1n) is 3.14. The Hall–Kier alpha value is 1.48. The van der Waals surface area contributed by atoms with E-state index < -0.39 is 0 Å². The zero-order chi connectivity index (χ0) is 6.69. The number of hydrogen-bond acceptors (Lipinski definition) is 0. The molecule has 0 aromatic carbocycles. The van der Waals surface area contributed by atoms with Crippen LogP contribution in [-0.4, -0.2) is 25.6 Å². The van der Waals surface area contributed by atoms with E-state index in [0.717, 1.165) is 24.6 Å². The Kier molecular flexibility index (Phi) is 4.17. The second-order valence-corrected chi connectivity index (χ2v) is 6.93. The molecule has 0 amide bonds. The number of rotatable bonds is 2. The Morgan fingerprint density at radius 2 is 1.56 bits per heavy atom. The van der Waals surface area contributed by atoms with Crippen molar-refractivity contribution in [1.29, 1.82) is 0 Å². The molecule has 0 bridgehead atoms. The summed E-state index contributed by atoms with van der Waals surface area (Å²) < 4.78 is 0. The van der Waals surface area contributed by atoms with E-state index in [1.165, 1.54) is 23.5 Å². The summed E-state index contributed by atoms with van der Waals surface area (Å²) in [6.07, 6.45) is 2.92. The number of alkyl halides is 2. The van der Waals surface area contributed by atoms with Crippen molar-refractivity contribution in [2.45, 2.75) is 22.5 Å². The Labute approximate surface area is 79.6 Å². The quantitative estimate of drug-likeness (QED) is 0.542. The number of halogens is 2. The third kappa shape index (κ3) is 2.53. The van der Waals surface area contributed by atoms with Crippen molar-refractivity contribution < 1.29 is 0 Å². The molecule has 1 aliphatic rings. The minimum atomic E-state index is 0.910. The van der Waals surface area contributed by atoms with Gasteiger partial charge in [0.15, 0.2) is 0 Å². The molecule has 0 radical (unpaired) electrons. The molecule has 0 spiro atoms. The predicted molar refractivity (Wildman–Crippen MR) is 50.1 cm³/mol. The van der Waals surface area contributed by atoms with Crippen LogP contribution < -0.4 is 0 Å². The predicted octanol–water partition coefficient (Wildman–Crippen LogP) is 2.85. The maximum atomic E-state index is 3.53.